The van der Waals surface area contributed by atoms with Crippen LogP contribution in [-0.2, 0) is 20.7 Å². The van der Waals surface area contributed by atoms with Crippen LogP contribution >= 0.6 is 0 Å². The average Bonchev–Trinajstić information content (AvgIpc) is 2.69. The first kappa shape index (κ1) is 17.8. The molecule has 26 heavy (non-hydrogen) atoms. The molecule has 2 aromatic rings. The molecule has 1 aliphatic rings. The van der Waals surface area contributed by atoms with E-state index in [1.54, 1.807) is 17.0 Å². The standard InChI is InChI=1S/C20H22N2O4/c23-18-8-6-16(7-9-18)14-20(25)26-15-19(24)22-12-10-21(11-13-22)17-4-2-1-3-5-17/h1-9,23H,10-15H2. The summed E-state index contributed by atoms with van der Waals surface area (Å²) in [5, 5.41) is 9.23. The number of carbonyl (C=O) groups is 2. The van der Waals surface area contributed by atoms with Crippen LogP contribution in [0, 0.1) is 0 Å². The van der Waals surface area contributed by atoms with E-state index < -0.39 is 5.97 Å². The Morgan fingerprint density at radius 1 is 0.923 bits per heavy atom. The van der Waals surface area contributed by atoms with E-state index in [1.165, 1.54) is 12.1 Å². The monoisotopic (exact) mass is 354 g/mol. The van der Waals surface area contributed by atoms with E-state index in [0.29, 0.717) is 13.1 Å². The Labute approximate surface area is 152 Å². The van der Waals surface area contributed by atoms with Crippen molar-refractivity contribution in [3.63, 3.8) is 0 Å². The van der Waals surface area contributed by atoms with Gasteiger partial charge >= 0.3 is 5.97 Å². The van der Waals surface area contributed by atoms with Gasteiger partial charge in [0.05, 0.1) is 6.42 Å². The number of benzene rings is 2. The third kappa shape index (κ3) is 4.75. The van der Waals surface area contributed by atoms with Gasteiger partial charge in [-0.15, -0.1) is 0 Å². The molecule has 1 heterocycles. The highest BCUT2D eigenvalue weighted by atomic mass is 16.5. The number of hydrogen-bond donors (Lipinski definition) is 1. The van der Waals surface area contributed by atoms with Gasteiger partial charge in [0.1, 0.15) is 5.75 Å². The molecule has 0 unspecified atom stereocenters. The van der Waals surface area contributed by atoms with Crippen molar-refractivity contribution in [3.05, 3.63) is 60.2 Å². The molecule has 1 saturated heterocycles. The van der Waals surface area contributed by atoms with Crippen molar-refractivity contribution in [3.8, 4) is 5.75 Å². The quantitative estimate of drug-likeness (QED) is 0.830. The lowest BCUT2D eigenvalue weighted by molar-refractivity contribution is -0.151. The molecule has 2 aromatic carbocycles. The summed E-state index contributed by atoms with van der Waals surface area (Å²) in [5.74, 6) is -0.476. The first-order valence-electron chi connectivity index (χ1n) is 8.63. The van der Waals surface area contributed by atoms with Crippen LogP contribution in [-0.4, -0.2) is 54.7 Å². The van der Waals surface area contributed by atoms with Gasteiger partial charge in [0, 0.05) is 31.9 Å². The van der Waals surface area contributed by atoms with E-state index in [4.69, 9.17) is 4.74 Å². The number of anilines is 1. The number of phenols is 1. The Bertz CT molecular complexity index is 738. The van der Waals surface area contributed by atoms with Gasteiger partial charge in [-0.25, -0.2) is 0 Å². The highest BCUT2D eigenvalue weighted by molar-refractivity contribution is 5.81. The Morgan fingerprint density at radius 2 is 1.58 bits per heavy atom. The molecule has 3 rings (SSSR count). The highest BCUT2D eigenvalue weighted by Gasteiger charge is 2.22. The number of hydrogen-bond acceptors (Lipinski definition) is 5. The number of phenolic OH excluding ortho intramolecular Hbond substituents is 1. The second-order valence-corrected chi connectivity index (χ2v) is 6.21. The van der Waals surface area contributed by atoms with Crippen molar-refractivity contribution in [2.24, 2.45) is 0 Å². The van der Waals surface area contributed by atoms with Crippen LogP contribution in [0.4, 0.5) is 5.69 Å². The average molecular weight is 354 g/mol. The zero-order chi connectivity index (χ0) is 18.4. The highest BCUT2D eigenvalue weighted by Crippen LogP contribution is 2.15. The van der Waals surface area contributed by atoms with Gasteiger partial charge in [-0.05, 0) is 29.8 Å². The predicted molar refractivity (Wildman–Crippen MR) is 98.0 cm³/mol. The number of esters is 1. The van der Waals surface area contributed by atoms with Crippen LogP contribution in [0.15, 0.2) is 54.6 Å². The minimum Gasteiger partial charge on any atom is -0.508 e. The van der Waals surface area contributed by atoms with Crippen LogP contribution in [0.2, 0.25) is 0 Å². The molecule has 6 nitrogen and oxygen atoms in total. The van der Waals surface area contributed by atoms with Gasteiger partial charge in [0.15, 0.2) is 6.61 Å². The lowest BCUT2D eigenvalue weighted by Crippen LogP contribution is -2.49. The van der Waals surface area contributed by atoms with Gasteiger partial charge in [0.2, 0.25) is 0 Å². The third-order valence-corrected chi connectivity index (χ3v) is 4.40. The van der Waals surface area contributed by atoms with E-state index in [0.717, 1.165) is 24.3 Å². The van der Waals surface area contributed by atoms with Gasteiger partial charge in [-0.1, -0.05) is 30.3 Å². The molecule has 0 aromatic heterocycles. The molecule has 1 N–H and O–H groups in total. The van der Waals surface area contributed by atoms with E-state index in [1.807, 2.05) is 18.2 Å². The molecule has 0 saturated carbocycles. The Morgan fingerprint density at radius 3 is 2.23 bits per heavy atom. The normalized spacial score (nSPS) is 14.2. The van der Waals surface area contributed by atoms with Crippen molar-refractivity contribution in [1.82, 2.24) is 4.90 Å². The fourth-order valence-corrected chi connectivity index (χ4v) is 2.92. The third-order valence-electron chi connectivity index (χ3n) is 4.40. The van der Waals surface area contributed by atoms with Crippen molar-refractivity contribution < 1.29 is 19.4 Å². The van der Waals surface area contributed by atoms with Crippen LogP contribution in [0.25, 0.3) is 0 Å². The lowest BCUT2D eigenvalue weighted by Gasteiger charge is -2.36. The first-order chi connectivity index (χ1) is 12.6. The van der Waals surface area contributed by atoms with Crippen LogP contribution < -0.4 is 4.90 Å². The topological polar surface area (TPSA) is 70.1 Å². The van der Waals surface area contributed by atoms with Gasteiger partial charge in [-0.2, -0.15) is 0 Å². The van der Waals surface area contributed by atoms with Crippen molar-refractivity contribution >= 4 is 17.6 Å². The Balaban J connectivity index is 1.41. The number of rotatable bonds is 5. The van der Waals surface area contributed by atoms with Crippen molar-refractivity contribution in [1.29, 1.82) is 0 Å². The molecule has 6 heteroatoms. The number of amides is 1. The Hall–Kier alpha value is -3.02. The molecule has 1 fully saturated rings. The molecule has 0 aliphatic carbocycles. The van der Waals surface area contributed by atoms with Gasteiger partial charge in [0.25, 0.3) is 5.91 Å². The second kappa shape index (κ2) is 8.38. The maximum absolute atomic E-state index is 12.2. The van der Waals surface area contributed by atoms with E-state index in [9.17, 15) is 14.7 Å². The minimum atomic E-state index is -0.452. The summed E-state index contributed by atoms with van der Waals surface area (Å²) in [5.41, 5.74) is 1.89. The number of carbonyl (C=O) groups excluding carboxylic acids is 2. The summed E-state index contributed by atoms with van der Waals surface area (Å²) in [6, 6.07) is 16.4. The van der Waals surface area contributed by atoms with Crippen LogP contribution in [0.1, 0.15) is 5.56 Å². The SMILES string of the molecule is O=C(Cc1ccc(O)cc1)OCC(=O)N1CCN(c2ccccc2)CC1. The number of ether oxygens (including phenoxy) is 1. The summed E-state index contributed by atoms with van der Waals surface area (Å²) < 4.78 is 5.10. The molecule has 0 radical (unpaired) electrons. The van der Waals surface area contributed by atoms with Crippen molar-refractivity contribution in [2.45, 2.75) is 6.42 Å². The largest absolute Gasteiger partial charge is 0.508 e. The van der Waals surface area contributed by atoms with Crippen molar-refractivity contribution in [2.75, 3.05) is 37.7 Å². The number of piperazine rings is 1. The number of para-hydroxylation sites is 1. The van der Waals surface area contributed by atoms with E-state index in [-0.39, 0.29) is 24.7 Å². The molecular weight excluding hydrogens is 332 g/mol. The zero-order valence-corrected chi connectivity index (χ0v) is 14.5. The minimum absolute atomic E-state index is 0.0787. The molecule has 136 valence electrons. The van der Waals surface area contributed by atoms with E-state index in [2.05, 4.69) is 17.0 Å². The Kier molecular flexibility index (Phi) is 5.73. The van der Waals surface area contributed by atoms with E-state index >= 15 is 0 Å². The second-order valence-electron chi connectivity index (χ2n) is 6.21. The molecule has 0 bridgehead atoms. The first-order valence-corrected chi connectivity index (χ1v) is 8.63. The maximum Gasteiger partial charge on any atom is 0.310 e. The summed E-state index contributed by atoms with van der Waals surface area (Å²) in [7, 11) is 0. The maximum atomic E-state index is 12.2. The fraction of sp³-hybridized carbons (Fsp3) is 0.300. The fourth-order valence-electron chi connectivity index (χ4n) is 2.92. The van der Waals surface area contributed by atoms with Crippen LogP contribution in [0.5, 0.6) is 5.75 Å². The molecule has 0 spiro atoms. The zero-order valence-electron chi connectivity index (χ0n) is 14.5. The van der Waals surface area contributed by atoms with Gasteiger partial charge < -0.3 is 19.6 Å². The molecule has 1 amide bonds. The molecule has 1 aliphatic heterocycles. The number of aromatic hydroxyl groups is 1. The summed E-state index contributed by atoms with van der Waals surface area (Å²) >= 11 is 0. The lowest BCUT2D eigenvalue weighted by atomic mass is 10.1. The summed E-state index contributed by atoms with van der Waals surface area (Å²) in [6.45, 7) is 2.52. The summed E-state index contributed by atoms with van der Waals surface area (Å²) in [6.07, 6.45) is 0.0787. The summed E-state index contributed by atoms with van der Waals surface area (Å²) in [4.78, 5) is 28.1. The molecular formula is C20H22N2O4. The van der Waals surface area contributed by atoms with Gasteiger partial charge in [-0.3, -0.25) is 9.59 Å². The molecule has 0 atom stereocenters. The van der Waals surface area contributed by atoms with Crippen LogP contribution in [0.3, 0.4) is 0 Å². The smallest absolute Gasteiger partial charge is 0.310 e. The number of nitrogens with zero attached hydrogens (tertiary/aromatic N) is 2. The predicted octanol–water partition coefficient (Wildman–Crippen LogP) is 1.83.